The number of rotatable bonds is 6. The molecule has 2 aromatic carbocycles. The number of carbonyl (C=O) groups excluding carboxylic acids is 2. The molecule has 26 heavy (non-hydrogen) atoms. The second-order valence-corrected chi connectivity index (χ2v) is 5.49. The molecule has 0 aliphatic carbocycles. The van der Waals surface area contributed by atoms with Gasteiger partial charge in [0.1, 0.15) is 12.4 Å². The van der Waals surface area contributed by atoms with Crippen LogP contribution in [0.3, 0.4) is 0 Å². The van der Waals surface area contributed by atoms with Crippen molar-refractivity contribution in [3.05, 3.63) is 83.8 Å². The summed E-state index contributed by atoms with van der Waals surface area (Å²) < 4.78 is 11.0. The minimum absolute atomic E-state index is 0.172. The molecule has 6 heteroatoms. The fraction of sp³-hybridized carbons (Fsp3) is 0.100. The average Bonchev–Trinajstić information content (AvgIpc) is 3.15. The molecule has 0 bridgehead atoms. The molecule has 0 saturated heterocycles. The lowest BCUT2D eigenvalue weighted by molar-refractivity contribution is 0.0960. The number of ether oxygens (including phenoxy) is 1. The Morgan fingerprint density at radius 2 is 1.81 bits per heavy atom. The first-order chi connectivity index (χ1) is 12.7. The molecule has 1 aromatic heterocycles. The lowest BCUT2D eigenvalue weighted by Crippen LogP contribution is -2.18. The highest BCUT2D eigenvalue weighted by Gasteiger charge is 2.16. The van der Waals surface area contributed by atoms with Gasteiger partial charge in [-0.3, -0.25) is 9.59 Å². The first kappa shape index (κ1) is 17.3. The molecule has 0 aliphatic rings. The normalized spacial score (nSPS) is 10.2. The Morgan fingerprint density at radius 3 is 2.58 bits per heavy atom. The standard InChI is InChI=1S/C20H18N2O4/c1-21-19(23)14-6-5-7-16(12-14)22-20(24)18-15(10-11-25-18)13-26-17-8-3-2-4-9-17/h2-12H,13H2,1H3,(H,21,23)(H,22,24). The molecule has 0 radical (unpaired) electrons. The van der Waals surface area contributed by atoms with E-state index in [1.54, 1.807) is 37.4 Å². The van der Waals surface area contributed by atoms with Gasteiger partial charge in [-0.1, -0.05) is 24.3 Å². The number of anilines is 1. The van der Waals surface area contributed by atoms with Crippen molar-refractivity contribution in [2.45, 2.75) is 6.61 Å². The predicted molar refractivity (Wildman–Crippen MR) is 97.3 cm³/mol. The Bertz CT molecular complexity index is 903. The van der Waals surface area contributed by atoms with Gasteiger partial charge in [0, 0.05) is 23.9 Å². The number of benzene rings is 2. The molecule has 0 atom stereocenters. The Labute approximate surface area is 150 Å². The Hall–Kier alpha value is -3.54. The molecular weight excluding hydrogens is 332 g/mol. The van der Waals surface area contributed by atoms with Crippen molar-refractivity contribution >= 4 is 17.5 Å². The lowest BCUT2D eigenvalue weighted by atomic mass is 10.2. The first-order valence-electron chi connectivity index (χ1n) is 8.05. The summed E-state index contributed by atoms with van der Waals surface area (Å²) in [4.78, 5) is 24.2. The molecule has 0 aliphatic heterocycles. The summed E-state index contributed by atoms with van der Waals surface area (Å²) in [6.07, 6.45) is 1.44. The molecular formula is C20H18N2O4. The number of hydrogen-bond donors (Lipinski definition) is 2. The number of nitrogens with one attached hydrogen (secondary N) is 2. The van der Waals surface area contributed by atoms with Crippen LogP contribution in [0.2, 0.25) is 0 Å². The van der Waals surface area contributed by atoms with E-state index in [0.29, 0.717) is 22.6 Å². The molecule has 0 saturated carbocycles. The SMILES string of the molecule is CNC(=O)c1cccc(NC(=O)c2occc2COc2ccccc2)c1. The minimum atomic E-state index is -0.407. The maximum absolute atomic E-state index is 12.5. The largest absolute Gasteiger partial charge is 0.489 e. The third-order valence-electron chi connectivity index (χ3n) is 3.70. The van der Waals surface area contributed by atoms with Crippen molar-refractivity contribution in [3.63, 3.8) is 0 Å². The maximum atomic E-state index is 12.5. The minimum Gasteiger partial charge on any atom is -0.489 e. The summed E-state index contributed by atoms with van der Waals surface area (Å²) >= 11 is 0. The number of amides is 2. The lowest BCUT2D eigenvalue weighted by Gasteiger charge is -2.08. The Morgan fingerprint density at radius 1 is 1.00 bits per heavy atom. The second-order valence-electron chi connectivity index (χ2n) is 5.49. The highest BCUT2D eigenvalue weighted by Crippen LogP contribution is 2.18. The summed E-state index contributed by atoms with van der Waals surface area (Å²) in [7, 11) is 1.55. The molecule has 3 rings (SSSR count). The van der Waals surface area contributed by atoms with Gasteiger partial charge in [-0.2, -0.15) is 0 Å². The van der Waals surface area contributed by atoms with E-state index < -0.39 is 5.91 Å². The van der Waals surface area contributed by atoms with Gasteiger partial charge < -0.3 is 19.8 Å². The van der Waals surface area contributed by atoms with Gasteiger partial charge in [-0.15, -0.1) is 0 Å². The van der Waals surface area contributed by atoms with Crippen LogP contribution < -0.4 is 15.4 Å². The number of furan rings is 1. The summed E-state index contributed by atoms with van der Waals surface area (Å²) in [5.74, 6) is 0.247. The van der Waals surface area contributed by atoms with Gasteiger partial charge in [0.15, 0.2) is 5.76 Å². The third-order valence-corrected chi connectivity index (χ3v) is 3.70. The van der Waals surface area contributed by atoms with Crippen molar-refractivity contribution in [2.75, 3.05) is 12.4 Å². The molecule has 0 fully saturated rings. The molecule has 1 heterocycles. The van der Waals surface area contributed by atoms with Crippen molar-refractivity contribution in [2.24, 2.45) is 0 Å². The smallest absolute Gasteiger partial charge is 0.291 e. The van der Waals surface area contributed by atoms with Crippen LogP contribution in [0.4, 0.5) is 5.69 Å². The quantitative estimate of drug-likeness (QED) is 0.713. The maximum Gasteiger partial charge on any atom is 0.291 e. The summed E-state index contributed by atoms with van der Waals surface area (Å²) in [6, 6.07) is 17.7. The van der Waals surface area contributed by atoms with E-state index in [0.717, 1.165) is 0 Å². The van der Waals surface area contributed by atoms with Crippen LogP contribution in [-0.2, 0) is 6.61 Å². The molecule has 0 spiro atoms. The van der Waals surface area contributed by atoms with Crippen LogP contribution in [0.15, 0.2) is 71.3 Å². The molecule has 6 nitrogen and oxygen atoms in total. The van der Waals surface area contributed by atoms with E-state index >= 15 is 0 Å². The fourth-order valence-electron chi connectivity index (χ4n) is 2.40. The molecule has 2 amide bonds. The first-order valence-corrected chi connectivity index (χ1v) is 8.05. The van der Waals surface area contributed by atoms with Crippen LogP contribution in [0.25, 0.3) is 0 Å². The van der Waals surface area contributed by atoms with Crippen molar-refractivity contribution in [1.82, 2.24) is 5.32 Å². The van der Waals surface area contributed by atoms with Gasteiger partial charge in [-0.05, 0) is 36.4 Å². The predicted octanol–water partition coefficient (Wildman–Crippen LogP) is 3.47. The van der Waals surface area contributed by atoms with Crippen LogP contribution in [0, 0.1) is 0 Å². The summed E-state index contributed by atoms with van der Waals surface area (Å²) in [6.45, 7) is 0.210. The zero-order chi connectivity index (χ0) is 18.4. The van der Waals surface area contributed by atoms with E-state index in [4.69, 9.17) is 9.15 Å². The van der Waals surface area contributed by atoms with E-state index in [2.05, 4.69) is 10.6 Å². The van der Waals surface area contributed by atoms with Gasteiger partial charge >= 0.3 is 0 Å². The van der Waals surface area contributed by atoms with Gasteiger partial charge in [0.25, 0.3) is 11.8 Å². The van der Waals surface area contributed by atoms with E-state index in [-0.39, 0.29) is 18.3 Å². The topological polar surface area (TPSA) is 80.6 Å². The highest BCUT2D eigenvalue weighted by atomic mass is 16.5. The number of hydrogen-bond acceptors (Lipinski definition) is 4. The fourth-order valence-corrected chi connectivity index (χ4v) is 2.40. The number of carbonyl (C=O) groups is 2. The third kappa shape index (κ3) is 4.10. The van der Waals surface area contributed by atoms with Crippen molar-refractivity contribution < 1.29 is 18.7 Å². The molecule has 132 valence electrons. The summed E-state index contributed by atoms with van der Waals surface area (Å²) in [5.41, 5.74) is 1.59. The second kappa shape index (κ2) is 8.02. The zero-order valence-corrected chi connectivity index (χ0v) is 14.2. The van der Waals surface area contributed by atoms with Crippen molar-refractivity contribution in [1.29, 1.82) is 0 Å². The van der Waals surface area contributed by atoms with Gasteiger partial charge in [0.05, 0.1) is 6.26 Å². The Balaban J connectivity index is 1.69. The zero-order valence-electron chi connectivity index (χ0n) is 14.2. The van der Waals surface area contributed by atoms with Crippen LogP contribution in [0.5, 0.6) is 5.75 Å². The molecule has 3 aromatic rings. The van der Waals surface area contributed by atoms with E-state index in [1.807, 2.05) is 30.3 Å². The number of para-hydroxylation sites is 1. The average molecular weight is 350 g/mol. The highest BCUT2D eigenvalue weighted by molar-refractivity contribution is 6.04. The molecule has 2 N–H and O–H groups in total. The monoisotopic (exact) mass is 350 g/mol. The van der Waals surface area contributed by atoms with Gasteiger partial charge in [0.2, 0.25) is 0 Å². The Kier molecular flexibility index (Phi) is 5.34. The van der Waals surface area contributed by atoms with E-state index in [1.165, 1.54) is 6.26 Å². The molecule has 0 unspecified atom stereocenters. The van der Waals surface area contributed by atoms with Crippen molar-refractivity contribution in [3.8, 4) is 5.75 Å². The van der Waals surface area contributed by atoms with Crippen LogP contribution in [0.1, 0.15) is 26.5 Å². The van der Waals surface area contributed by atoms with E-state index in [9.17, 15) is 9.59 Å². The van der Waals surface area contributed by atoms with Gasteiger partial charge in [-0.25, -0.2) is 0 Å². The van der Waals surface area contributed by atoms with Crippen LogP contribution in [-0.4, -0.2) is 18.9 Å². The summed E-state index contributed by atoms with van der Waals surface area (Å²) in [5, 5.41) is 5.28. The van der Waals surface area contributed by atoms with Crippen LogP contribution >= 0.6 is 0 Å².